The summed E-state index contributed by atoms with van der Waals surface area (Å²) >= 11 is 0. The van der Waals surface area contributed by atoms with Gasteiger partial charge in [-0.05, 0) is 40.0 Å². The summed E-state index contributed by atoms with van der Waals surface area (Å²) in [6, 6.07) is 0. The van der Waals surface area contributed by atoms with Gasteiger partial charge in [0.1, 0.15) is 0 Å². The maximum Gasteiger partial charge on any atom is 0.0675 e. The molecule has 0 amide bonds. The Kier molecular flexibility index (Phi) is 5.07. The van der Waals surface area contributed by atoms with Crippen molar-refractivity contribution >= 4 is 0 Å². The van der Waals surface area contributed by atoms with E-state index in [1.807, 2.05) is 0 Å². The second-order valence-corrected chi connectivity index (χ2v) is 5.47. The normalized spacial score (nSPS) is 20.8. The zero-order chi connectivity index (χ0) is 11.3. The van der Waals surface area contributed by atoms with Crippen LogP contribution >= 0.6 is 0 Å². The first-order valence-corrected chi connectivity index (χ1v) is 6.44. The molecule has 1 saturated carbocycles. The van der Waals surface area contributed by atoms with Crippen LogP contribution < -0.4 is 5.32 Å². The summed E-state index contributed by atoms with van der Waals surface area (Å²) in [5, 5.41) is 3.56. The van der Waals surface area contributed by atoms with Crippen molar-refractivity contribution in [3.8, 4) is 0 Å². The highest BCUT2D eigenvalue weighted by atomic mass is 16.5. The molecule has 2 heteroatoms. The fourth-order valence-electron chi connectivity index (χ4n) is 1.95. The van der Waals surface area contributed by atoms with Gasteiger partial charge in [0.05, 0.1) is 12.2 Å². The maximum atomic E-state index is 5.99. The Balaban J connectivity index is 2.15. The van der Waals surface area contributed by atoms with Crippen molar-refractivity contribution in [2.24, 2.45) is 0 Å². The van der Waals surface area contributed by atoms with Crippen LogP contribution in [-0.2, 0) is 4.74 Å². The van der Waals surface area contributed by atoms with E-state index >= 15 is 0 Å². The van der Waals surface area contributed by atoms with E-state index in [1.54, 1.807) is 0 Å². The monoisotopic (exact) mass is 213 g/mol. The van der Waals surface area contributed by atoms with Crippen LogP contribution in [0.4, 0.5) is 0 Å². The van der Waals surface area contributed by atoms with Crippen LogP contribution in [0.25, 0.3) is 0 Å². The van der Waals surface area contributed by atoms with Gasteiger partial charge in [-0.1, -0.05) is 19.8 Å². The van der Waals surface area contributed by atoms with Gasteiger partial charge in [-0.15, -0.1) is 0 Å². The first-order chi connectivity index (χ1) is 7.03. The van der Waals surface area contributed by atoms with Gasteiger partial charge in [0.2, 0.25) is 0 Å². The zero-order valence-corrected chi connectivity index (χ0v) is 10.8. The molecule has 1 unspecified atom stereocenters. The number of ether oxygens (including phenoxy) is 1. The van der Waals surface area contributed by atoms with Crippen molar-refractivity contribution < 1.29 is 4.74 Å². The van der Waals surface area contributed by atoms with Crippen molar-refractivity contribution in [2.75, 3.05) is 6.54 Å². The smallest absolute Gasteiger partial charge is 0.0675 e. The number of hydrogen-bond donors (Lipinski definition) is 1. The number of hydrogen-bond acceptors (Lipinski definition) is 2. The molecule has 2 nitrogen and oxygen atoms in total. The highest BCUT2D eigenvalue weighted by Crippen LogP contribution is 2.22. The minimum Gasteiger partial charge on any atom is -0.374 e. The third-order valence-corrected chi connectivity index (χ3v) is 3.48. The average Bonchev–Trinajstić information content (AvgIpc) is 2.68. The second kappa shape index (κ2) is 5.86. The van der Waals surface area contributed by atoms with Gasteiger partial charge in [-0.3, -0.25) is 0 Å². The molecule has 1 fully saturated rings. The van der Waals surface area contributed by atoms with Gasteiger partial charge in [0.25, 0.3) is 0 Å². The van der Waals surface area contributed by atoms with E-state index in [0.29, 0.717) is 12.2 Å². The van der Waals surface area contributed by atoms with Crippen molar-refractivity contribution in [1.82, 2.24) is 5.32 Å². The largest absolute Gasteiger partial charge is 0.374 e. The van der Waals surface area contributed by atoms with Gasteiger partial charge >= 0.3 is 0 Å². The summed E-state index contributed by atoms with van der Waals surface area (Å²) in [6.07, 6.45) is 7.27. The van der Waals surface area contributed by atoms with Crippen LogP contribution in [0.5, 0.6) is 0 Å². The van der Waals surface area contributed by atoms with Crippen molar-refractivity contribution in [3.05, 3.63) is 0 Å². The Morgan fingerprint density at radius 1 is 1.33 bits per heavy atom. The molecule has 1 aliphatic rings. The SMILES string of the molecule is CCC(C)(C)NCC(C)OC1CCCC1. The lowest BCUT2D eigenvalue weighted by atomic mass is 10.0. The van der Waals surface area contributed by atoms with Gasteiger partial charge in [0, 0.05) is 12.1 Å². The molecule has 90 valence electrons. The molecule has 0 spiro atoms. The summed E-state index contributed by atoms with van der Waals surface area (Å²) in [7, 11) is 0. The van der Waals surface area contributed by atoms with E-state index in [-0.39, 0.29) is 5.54 Å². The molecule has 15 heavy (non-hydrogen) atoms. The average molecular weight is 213 g/mol. The molecule has 1 N–H and O–H groups in total. The molecule has 0 aliphatic heterocycles. The second-order valence-electron chi connectivity index (χ2n) is 5.47. The summed E-state index contributed by atoms with van der Waals surface area (Å²) in [4.78, 5) is 0. The van der Waals surface area contributed by atoms with Gasteiger partial charge in [-0.25, -0.2) is 0 Å². The topological polar surface area (TPSA) is 21.3 Å². The molecule has 0 bridgehead atoms. The third kappa shape index (κ3) is 4.98. The molecule has 0 aromatic rings. The van der Waals surface area contributed by atoms with Gasteiger partial charge in [0.15, 0.2) is 0 Å². The Labute approximate surface area is 94.8 Å². The highest BCUT2D eigenvalue weighted by molar-refractivity contribution is 4.77. The molecule has 1 rings (SSSR count). The molecule has 0 radical (unpaired) electrons. The van der Waals surface area contributed by atoms with Crippen LogP contribution in [0.15, 0.2) is 0 Å². The summed E-state index contributed by atoms with van der Waals surface area (Å²) in [5.41, 5.74) is 0.243. The number of nitrogens with one attached hydrogen (secondary N) is 1. The summed E-state index contributed by atoms with van der Waals surface area (Å²) in [6.45, 7) is 9.86. The predicted octanol–water partition coefficient (Wildman–Crippen LogP) is 3.11. The minimum absolute atomic E-state index is 0.243. The first-order valence-electron chi connectivity index (χ1n) is 6.44. The standard InChI is InChI=1S/C13H27NO/c1-5-13(3,4)14-10-11(2)15-12-8-6-7-9-12/h11-12,14H,5-10H2,1-4H3. The lowest BCUT2D eigenvalue weighted by molar-refractivity contribution is -0.0000843. The summed E-state index contributed by atoms with van der Waals surface area (Å²) < 4.78 is 5.99. The van der Waals surface area contributed by atoms with E-state index in [1.165, 1.54) is 25.7 Å². The lowest BCUT2D eigenvalue weighted by Gasteiger charge is -2.27. The maximum absolute atomic E-state index is 5.99. The van der Waals surface area contributed by atoms with Crippen LogP contribution in [0.3, 0.4) is 0 Å². The van der Waals surface area contributed by atoms with Crippen molar-refractivity contribution in [1.29, 1.82) is 0 Å². The van der Waals surface area contributed by atoms with Crippen molar-refractivity contribution in [3.63, 3.8) is 0 Å². The molecular weight excluding hydrogens is 186 g/mol. The molecule has 0 heterocycles. The van der Waals surface area contributed by atoms with E-state index in [2.05, 4.69) is 33.0 Å². The fourth-order valence-corrected chi connectivity index (χ4v) is 1.95. The Bertz CT molecular complexity index is 173. The predicted molar refractivity (Wildman–Crippen MR) is 65.2 cm³/mol. The third-order valence-electron chi connectivity index (χ3n) is 3.48. The van der Waals surface area contributed by atoms with Gasteiger partial charge < -0.3 is 10.1 Å². The Hall–Kier alpha value is -0.0800. The van der Waals surface area contributed by atoms with E-state index in [4.69, 9.17) is 4.74 Å². The van der Waals surface area contributed by atoms with Crippen LogP contribution in [-0.4, -0.2) is 24.3 Å². The van der Waals surface area contributed by atoms with Crippen LogP contribution in [0, 0.1) is 0 Å². The van der Waals surface area contributed by atoms with E-state index in [9.17, 15) is 0 Å². The van der Waals surface area contributed by atoms with Crippen molar-refractivity contribution in [2.45, 2.75) is 77.5 Å². The zero-order valence-electron chi connectivity index (χ0n) is 10.8. The number of rotatable bonds is 6. The molecule has 0 aromatic heterocycles. The lowest BCUT2D eigenvalue weighted by Crippen LogP contribution is -2.43. The highest BCUT2D eigenvalue weighted by Gasteiger charge is 2.20. The van der Waals surface area contributed by atoms with Crippen LogP contribution in [0.2, 0.25) is 0 Å². The van der Waals surface area contributed by atoms with E-state index < -0.39 is 0 Å². The fraction of sp³-hybridized carbons (Fsp3) is 1.00. The Morgan fingerprint density at radius 3 is 2.47 bits per heavy atom. The first kappa shape index (κ1) is 13.0. The molecule has 0 aromatic carbocycles. The van der Waals surface area contributed by atoms with E-state index in [0.717, 1.165) is 13.0 Å². The van der Waals surface area contributed by atoms with Gasteiger partial charge in [-0.2, -0.15) is 0 Å². The molecule has 1 atom stereocenters. The molecule has 1 aliphatic carbocycles. The Morgan fingerprint density at radius 2 is 1.93 bits per heavy atom. The minimum atomic E-state index is 0.243. The summed E-state index contributed by atoms with van der Waals surface area (Å²) in [5.74, 6) is 0. The van der Waals surface area contributed by atoms with Crippen LogP contribution in [0.1, 0.15) is 59.8 Å². The molecular formula is C13H27NO. The quantitative estimate of drug-likeness (QED) is 0.732. The molecule has 0 saturated heterocycles.